The average Bonchev–Trinajstić information content (AvgIpc) is 2.48. The third-order valence-corrected chi connectivity index (χ3v) is 3.17. The highest BCUT2D eigenvalue weighted by molar-refractivity contribution is 5.94. The molecule has 0 unspecified atom stereocenters. The van der Waals surface area contributed by atoms with Crippen LogP contribution in [-0.4, -0.2) is 5.91 Å². The fourth-order valence-electron chi connectivity index (χ4n) is 1.91. The number of hydrogen-bond acceptors (Lipinski definition) is 2. The van der Waals surface area contributed by atoms with E-state index in [4.69, 9.17) is 5.73 Å². The summed E-state index contributed by atoms with van der Waals surface area (Å²) in [5.74, 6) is -0.449. The molecule has 0 saturated heterocycles. The molecular formula is C16H17FN2O. The minimum Gasteiger partial charge on any atom is -0.346 e. The minimum absolute atomic E-state index is 0.162. The lowest BCUT2D eigenvalue weighted by Gasteiger charge is -2.14. The molecule has 0 aliphatic carbocycles. The first-order chi connectivity index (χ1) is 9.60. The molecule has 0 bridgehead atoms. The Bertz CT molecular complexity index is 578. The van der Waals surface area contributed by atoms with Crippen LogP contribution in [0.1, 0.15) is 34.5 Å². The van der Waals surface area contributed by atoms with Crippen LogP contribution in [0.5, 0.6) is 0 Å². The normalized spacial score (nSPS) is 11.9. The number of hydrogen-bond donors (Lipinski definition) is 2. The van der Waals surface area contributed by atoms with Crippen molar-refractivity contribution >= 4 is 5.91 Å². The lowest BCUT2D eigenvalue weighted by Crippen LogP contribution is -2.26. The van der Waals surface area contributed by atoms with E-state index in [0.717, 1.165) is 11.1 Å². The largest absolute Gasteiger partial charge is 0.346 e. The molecule has 2 aromatic rings. The minimum atomic E-state index is -0.287. The number of benzene rings is 2. The van der Waals surface area contributed by atoms with E-state index in [1.54, 1.807) is 24.3 Å². The van der Waals surface area contributed by atoms with Crippen molar-refractivity contribution in [3.8, 4) is 0 Å². The van der Waals surface area contributed by atoms with E-state index in [-0.39, 0.29) is 17.8 Å². The van der Waals surface area contributed by atoms with Gasteiger partial charge in [-0.25, -0.2) is 4.39 Å². The fourth-order valence-corrected chi connectivity index (χ4v) is 1.91. The summed E-state index contributed by atoms with van der Waals surface area (Å²) in [6.45, 7) is 2.31. The summed E-state index contributed by atoms with van der Waals surface area (Å²) in [7, 11) is 0. The molecule has 1 atom stereocenters. The molecule has 0 aliphatic heterocycles. The monoisotopic (exact) mass is 272 g/mol. The third-order valence-electron chi connectivity index (χ3n) is 3.17. The topological polar surface area (TPSA) is 55.1 Å². The van der Waals surface area contributed by atoms with Gasteiger partial charge in [-0.2, -0.15) is 0 Å². The molecule has 104 valence electrons. The second-order valence-corrected chi connectivity index (χ2v) is 4.65. The van der Waals surface area contributed by atoms with Crippen molar-refractivity contribution in [1.82, 2.24) is 5.32 Å². The SMILES string of the molecule is C[C@@H](NC(=O)c1ccc(CN)cc1)c1ccc(F)cc1. The Labute approximate surface area is 117 Å². The maximum Gasteiger partial charge on any atom is 0.251 e. The van der Waals surface area contributed by atoms with Crippen molar-refractivity contribution in [3.05, 3.63) is 71.0 Å². The molecule has 0 aliphatic rings. The number of amides is 1. The Hall–Kier alpha value is -2.20. The van der Waals surface area contributed by atoms with Gasteiger partial charge in [-0.1, -0.05) is 24.3 Å². The van der Waals surface area contributed by atoms with Crippen LogP contribution >= 0.6 is 0 Å². The van der Waals surface area contributed by atoms with E-state index in [1.165, 1.54) is 12.1 Å². The van der Waals surface area contributed by atoms with Gasteiger partial charge < -0.3 is 11.1 Å². The number of rotatable bonds is 4. The van der Waals surface area contributed by atoms with Gasteiger partial charge in [0.25, 0.3) is 5.91 Å². The molecular weight excluding hydrogens is 255 g/mol. The Morgan fingerprint density at radius 3 is 2.30 bits per heavy atom. The van der Waals surface area contributed by atoms with Gasteiger partial charge in [-0.15, -0.1) is 0 Å². The van der Waals surface area contributed by atoms with Crippen molar-refractivity contribution in [2.75, 3.05) is 0 Å². The van der Waals surface area contributed by atoms with Crippen LogP contribution < -0.4 is 11.1 Å². The fraction of sp³-hybridized carbons (Fsp3) is 0.188. The van der Waals surface area contributed by atoms with Crippen LogP contribution in [0.3, 0.4) is 0 Å². The zero-order chi connectivity index (χ0) is 14.5. The van der Waals surface area contributed by atoms with Crippen molar-refractivity contribution in [2.45, 2.75) is 19.5 Å². The molecule has 0 saturated carbocycles. The highest BCUT2D eigenvalue weighted by atomic mass is 19.1. The van der Waals surface area contributed by atoms with E-state index in [9.17, 15) is 9.18 Å². The average molecular weight is 272 g/mol. The second kappa shape index (κ2) is 6.30. The molecule has 2 aromatic carbocycles. The van der Waals surface area contributed by atoms with Gasteiger partial charge in [0.1, 0.15) is 5.82 Å². The summed E-state index contributed by atoms with van der Waals surface area (Å²) in [5, 5.41) is 2.88. The molecule has 0 heterocycles. The van der Waals surface area contributed by atoms with Crippen molar-refractivity contribution in [3.63, 3.8) is 0 Å². The summed E-state index contributed by atoms with van der Waals surface area (Å²) in [6.07, 6.45) is 0. The molecule has 1 amide bonds. The van der Waals surface area contributed by atoms with Crippen molar-refractivity contribution in [1.29, 1.82) is 0 Å². The van der Waals surface area contributed by atoms with Gasteiger partial charge >= 0.3 is 0 Å². The molecule has 20 heavy (non-hydrogen) atoms. The van der Waals surface area contributed by atoms with Crippen LogP contribution in [-0.2, 0) is 6.54 Å². The van der Waals surface area contributed by atoms with E-state index in [2.05, 4.69) is 5.32 Å². The lowest BCUT2D eigenvalue weighted by molar-refractivity contribution is 0.0940. The first-order valence-corrected chi connectivity index (χ1v) is 6.45. The van der Waals surface area contributed by atoms with Crippen molar-refractivity contribution in [2.24, 2.45) is 5.73 Å². The van der Waals surface area contributed by atoms with Gasteiger partial charge in [-0.05, 0) is 42.3 Å². The quantitative estimate of drug-likeness (QED) is 0.899. The maximum atomic E-state index is 12.9. The summed E-state index contributed by atoms with van der Waals surface area (Å²) in [6, 6.07) is 13.1. The van der Waals surface area contributed by atoms with Gasteiger partial charge in [0.2, 0.25) is 0 Å². The predicted octanol–water partition coefficient (Wildman–Crippen LogP) is 2.78. The Morgan fingerprint density at radius 2 is 1.75 bits per heavy atom. The Morgan fingerprint density at radius 1 is 1.15 bits per heavy atom. The number of nitrogens with two attached hydrogens (primary N) is 1. The van der Waals surface area contributed by atoms with Gasteiger partial charge in [0, 0.05) is 12.1 Å². The number of halogens is 1. The third kappa shape index (κ3) is 3.42. The summed E-state index contributed by atoms with van der Waals surface area (Å²) in [5.41, 5.74) is 7.93. The highest BCUT2D eigenvalue weighted by Gasteiger charge is 2.11. The molecule has 0 radical (unpaired) electrons. The molecule has 0 fully saturated rings. The van der Waals surface area contributed by atoms with E-state index in [0.29, 0.717) is 12.1 Å². The molecule has 0 aromatic heterocycles. The first-order valence-electron chi connectivity index (χ1n) is 6.45. The van der Waals surface area contributed by atoms with Crippen molar-refractivity contribution < 1.29 is 9.18 Å². The van der Waals surface area contributed by atoms with Gasteiger partial charge in [0.15, 0.2) is 0 Å². The smallest absolute Gasteiger partial charge is 0.251 e. The van der Waals surface area contributed by atoms with Crippen LogP contribution in [0.2, 0.25) is 0 Å². The first kappa shape index (κ1) is 14.2. The van der Waals surface area contributed by atoms with Crippen LogP contribution in [0, 0.1) is 5.82 Å². The van der Waals surface area contributed by atoms with E-state index >= 15 is 0 Å². The Balaban J connectivity index is 2.04. The highest BCUT2D eigenvalue weighted by Crippen LogP contribution is 2.14. The zero-order valence-electron chi connectivity index (χ0n) is 11.3. The predicted molar refractivity (Wildman–Crippen MR) is 76.6 cm³/mol. The lowest BCUT2D eigenvalue weighted by atomic mass is 10.1. The summed E-state index contributed by atoms with van der Waals surface area (Å²) >= 11 is 0. The van der Waals surface area contributed by atoms with Crippen LogP contribution in [0.15, 0.2) is 48.5 Å². The van der Waals surface area contributed by atoms with Gasteiger partial charge in [0.05, 0.1) is 6.04 Å². The molecule has 4 heteroatoms. The molecule has 3 nitrogen and oxygen atoms in total. The number of carbonyl (C=O) groups is 1. The number of carbonyl (C=O) groups excluding carboxylic acids is 1. The standard InChI is InChI=1S/C16H17FN2O/c1-11(13-6-8-15(17)9-7-13)19-16(20)14-4-2-12(10-18)3-5-14/h2-9,11H,10,18H2,1H3,(H,19,20)/t11-/m1/s1. The molecule has 2 rings (SSSR count). The number of nitrogens with one attached hydrogen (secondary N) is 1. The van der Waals surface area contributed by atoms with Crippen LogP contribution in [0.25, 0.3) is 0 Å². The molecule has 3 N–H and O–H groups in total. The van der Waals surface area contributed by atoms with Gasteiger partial charge in [-0.3, -0.25) is 4.79 Å². The summed E-state index contributed by atoms with van der Waals surface area (Å²) < 4.78 is 12.9. The molecule has 0 spiro atoms. The summed E-state index contributed by atoms with van der Waals surface area (Å²) in [4.78, 5) is 12.1. The van der Waals surface area contributed by atoms with E-state index in [1.807, 2.05) is 19.1 Å². The maximum absolute atomic E-state index is 12.9. The van der Waals surface area contributed by atoms with Crippen LogP contribution in [0.4, 0.5) is 4.39 Å². The second-order valence-electron chi connectivity index (χ2n) is 4.65. The Kier molecular flexibility index (Phi) is 4.48. The van der Waals surface area contributed by atoms with E-state index < -0.39 is 0 Å². The zero-order valence-corrected chi connectivity index (χ0v) is 11.3.